The lowest BCUT2D eigenvalue weighted by Gasteiger charge is -2.22. The van der Waals surface area contributed by atoms with Gasteiger partial charge in [0.2, 0.25) is 0 Å². The molecule has 2 rings (SSSR count). The van der Waals surface area contributed by atoms with Crippen molar-refractivity contribution in [2.45, 2.75) is 13.5 Å². The molecule has 0 aromatic heterocycles. The fourth-order valence-corrected chi connectivity index (χ4v) is 2.60. The highest BCUT2D eigenvalue weighted by molar-refractivity contribution is 14.0. The molecule has 0 aliphatic carbocycles. The topological polar surface area (TPSA) is 66.0 Å². The molecule has 0 spiro atoms. The van der Waals surface area contributed by atoms with Crippen molar-refractivity contribution < 1.29 is 9.53 Å². The molecule has 1 amide bonds. The van der Waals surface area contributed by atoms with E-state index < -0.39 is 0 Å². The molecule has 2 aromatic rings. The van der Waals surface area contributed by atoms with Gasteiger partial charge in [-0.2, -0.15) is 0 Å². The first-order valence-electron chi connectivity index (χ1n) is 9.22. The maximum Gasteiger partial charge on any atom is 0.251 e. The zero-order valence-electron chi connectivity index (χ0n) is 16.9. The molecule has 0 aliphatic heterocycles. The number of benzene rings is 2. The molecule has 0 atom stereocenters. The molecule has 29 heavy (non-hydrogen) atoms. The zero-order chi connectivity index (χ0) is 20.4. The summed E-state index contributed by atoms with van der Waals surface area (Å²) < 4.78 is 5.75. The first-order valence-corrected chi connectivity index (χ1v) is 9.60. The molecular formula is C21H28ClIN4O2. The highest BCUT2D eigenvalue weighted by atomic mass is 127. The van der Waals surface area contributed by atoms with Crippen LogP contribution in [0.5, 0.6) is 5.75 Å². The maximum atomic E-state index is 11.6. The number of nitrogens with one attached hydrogen (secondary N) is 2. The molecule has 8 heteroatoms. The lowest BCUT2D eigenvalue weighted by molar-refractivity contribution is 0.0963. The van der Waals surface area contributed by atoms with Crippen molar-refractivity contribution in [2.75, 3.05) is 33.8 Å². The second kappa shape index (κ2) is 13.3. The fourth-order valence-electron chi connectivity index (χ4n) is 2.48. The van der Waals surface area contributed by atoms with Crippen LogP contribution in [0.25, 0.3) is 0 Å². The second-order valence-electron chi connectivity index (χ2n) is 6.17. The minimum atomic E-state index is -0.0937. The van der Waals surface area contributed by atoms with Crippen LogP contribution in [0.3, 0.4) is 0 Å². The maximum absolute atomic E-state index is 11.6. The SMILES string of the molecule is CCNC(=NCc1ccc(C(=O)NC)cc1)N(C)CCOc1ccc(Cl)cc1.I. The average molecular weight is 531 g/mol. The molecule has 0 saturated carbocycles. The molecule has 0 aliphatic rings. The molecule has 0 saturated heterocycles. The Morgan fingerprint density at radius 1 is 1.14 bits per heavy atom. The van der Waals surface area contributed by atoms with Crippen LogP contribution in [0.4, 0.5) is 0 Å². The monoisotopic (exact) mass is 530 g/mol. The van der Waals surface area contributed by atoms with Crippen molar-refractivity contribution >= 4 is 47.4 Å². The molecule has 2 aromatic carbocycles. The Kier molecular flexibility index (Phi) is 11.5. The summed E-state index contributed by atoms with van der Waals surface area (Å²) in [6.07, 6.45) is 0. The number of hydrogen-bond donors (Lipinski definition) is 2. The standard InChI is InChI=1S/C21H27ClN4O2.HI/c1-4-24-21(25-15-16-5-7-17(8-6-16)20(27)23-2)26(3)13-14-28-19-11-9-18(22)10-12-19;/h5-12H,4,13-15H2,1-3H3,(H,23,27)(H,24,25);1H. The van der Waals surface area contributed by atoms with Crippen LogP contribution in [0.15, 0.2) is 53.5 Å². The largest absolute Gasteiger partial charge is 0.492 e. The Hall–Kier alpha value is -2.00. The van der Waals surface area contributed by atoms with Gasteiger partial charge in [-0.1, -0.05) is 23.7 Å². The first-order chi connectivity index (χ1) is 13.5. The summed E-state index contributed by atoms with van der Waals surface area (Å²) >= 11 is 5.88. The summed E-state index contributed by atoms with van der Waals surface area (Å²) in [5, 5.41) is 6.59. The summed E-state index contributed by atoms with van der Waals surface area (Å²) in [4.78, 5) is 18.3. The first kappa shape index (κ1) is 25.0. The van der Waals surface area contributed by atoms with Crippen molar-refractivity contribution in [3.63, 3.8) is 0 Å². The minimum absolute atomic E-state index is 0. The molecule has 0 unspecified atom stereocenters. The van der Waals surface area contributed by atoms with E-state index in [4.69, 9.17) is 16.3 Å². The van der Waals surface area contributed by atoms with Gasteiger partial charge < -0.3 is 20.3 Å². The number of aliphatic imine (C=N–C) groups is 1. The molecule has 6 nitrogen and oxygen atoms in total. The van der Waals surface area contributed by atoms with E-state index in [1.165, 1.54) is 0 Å². The highest BCUT2D eigenvalue weighted by Gasteiger charge is 2.07. The number of carbonyl (C=O) groups excluding carboxylic acids is 1. The predicted octanol–water partition coefficient (Wildman–Crippen LogP) is 3.79. The van der Waals surface area contributed by atoms with E-state index in [9.17, 15) is 4.79 Å². The number of guanidine groups is 1. The smallest absolute Gasteiger partial charge is 0.251 e. The third-order valence-corrected chi connectivity index (χ3v) is 4.31. The van der Waals surface area contributed by atoms with E-state index in [2.05, 4.69) is 15.6 Å². The van der Waals surface area contributed by atoms with E-state index in [0.29, 0.717) is 30.3 Å². The van der Waals surface area contributed by atoms with E-state index in [-0.39, 0.29) is 29.9 Å². The summed E-state index contributed by atoms with van der Waals surface area (Å²) in [5.74, 6) is 1.50. The molecule has 0 radical (unpaired) electrons. The van der Waals surface area contributed by atoms with Crippen molar-refractivity contribution in [2.24, 2.45) is 4.99 Å². The fraction of sp³-hybridized carbons (Fsp3) is 0.333. The van der Waals surface area contributed by atoms with Crippen LogP contribution in [-0.4, -0.2) is 50.6 Å². The highest BCUT2D eigenvalue weighted by Crippen LogP contribution is 2.15. The van der Waals surface area contributed by atoms with Crippen molar-refractivity contribution in [1.29, 1.82) is 0 Å². The number of rotatable bonds is 8. The van der Waals surface area contributed by atoms with E-state index in [1.807, 2.05) is 55.3 Å². The minimum Gasteiger partial charge on any atom is -0.492 e. The molecule has 0 heterocycles. The van der Waals surface area contributed by atoms with Gasteiger partial charge in [-0.25, -0.2) is 4.99 Å². The molecule has 0 fully saturated rings. The van der Waals surface area contributed by atoms with Gasteiger partial charge in [0.15, 0.2) is 5.96 Å². The average Bonchev–Trinajstić information content (AvgIpc) is 2.72. The quantitative estimate of drug-likeness (QED) is 0.310. The van der Waals surface area contributed by atoms with Gasteiger partial charge in [-0.15, -0.1) is 24.0 Å². The van der Waals surface area contributed by atoms with Gasteiger partial charge in [-0.3, -0.25) is 4.79 Å². The van der Waals surface area contributed by atoms with E-state index in [1.54, 1.807) is 19.2 Å². The second-order valence-corrected chi connectivity index (χ2v) is 6.61. The third-order valence-electron chi connectivity index (χ3n) is 4.06. The van der Waals surface area contributed by atoms with Crippen LogP contribution < -0.4 is 15.4 Å². The van der Waals surface area contributed by atoms with Crippen LogP contribution in [0, 0.1) is 0 Å². The predicted molar refractivity (Wildman–Crippen MR) is 130 cm³/mol. The van der Waals surface area contributed by atoms with E-state index >= 15 is 0 Å². The lowest BCUT2D eigenvalue weighted by Crippen LogP contribution is -2.40. The summed E-state index contributed by atoms with van der Waals surface area (Å²) in [7, 11) is 3.59. The number of halogens is 2. The number of carbonyl (C=O) groups is 1. The summed E-state index contributed by atoms with van der Waals surface area (Å²) in [5.41, 5.74) is 1.67. The normalized spacial score (nSPS) is 10.7. The number of hydrogen-bond acceptors (Lipinski definition) is 3. The van der Waals surface area contributed by atoms with Crippen LogP contribution >= 0.6 is 35.6 Å². The Labute approximate surface area is 194 Å². The summed E-state index contributed by atoms with van der Waals surface area (Å²) in [6, 6.07) is 14.8. The Balaban J connectivity index is 0.00000420. The van der Waals surface area contributed by atoms with Crippen LogP contribution in [-0.2, 0) is 6.54 Å². The zero-order valence-corrected chi connectivity index (χ0v) is 20.0. The van der Waals surface area contributed by atoms with Crippen molar-refractivity contribution in [3.8, 4) is 5.75 Å². The number of nitrogens with zero attached hydrogens (tertiary/aromatic N) is 2. The molecule has 158 valence electrons. The number of ether oxygens (including phenoxy) is 1. The third kappa shape index (κ3) is 8.49. The molecule has 2 N–H and O–H groups in total. The van der Waals surface area contributed by atoms with Gasteiger partial charge in [0, 0.05) is 31.2 Å². The van der Waals surface area contributed by atoms with Crippen molar-refractivity contribution in [3.05, 3.63) is 64.7 Å². The molecule has 0 bridgehead atoms. The number of likely N-dealkylation sites (N-methyl/N-ethyl adjacent to an activating group) is 1. The number of amides is 1. The van der Waals surface area contributed by atoms with Gasteiger partial charge in [0.05, 0.1) is 13.1 Å². The van der Waals surface area contributed by atoms with Gasteiger partial charge in [0.25, 0.3) is 5.91 Å². The summed E-state index contributed by atoms with van der Waals surface area (Å²) in [6.45, 7) is 4.55. The molecular weight excluding hydrogens is 503 g/mol. The van der Waals surface area contributed by atoms with Crippen LogP contribution in [0.1, 0.15) is 22.8 Å². The Morgan fingerprint density at radius 2 is 1.79 bits per heavy atom. The van der Waals surface area contributed by atoms with Gasteiger partial charge in [0.1, 0.15) is 12.4 Å². The van der Waals surface area contributed by atoms with E-state index in [0.717, 1.165) is 23.8 Å². The lowest BCUT2D eigenvalue weighted by atomic mass is 10.1. The van der Waals surface area contributed by atoms with Crippen molar-refractivity contribution in [1.82, 2.24) is 15.5 Å². The van der Waals surface area contributed by atoms with Crippen LogP contribution in [0.2, 0.25) is 5.02 Å². The van der Waals surface area contributed by atoms with Gasteiger partial charge >= 0.3 is 0 Å². The van der Waals surface area contributed by atoms with Gasteiger partial charge in [-0.05, 0) is 48.9 Å². The Morgan fingerprint density at radius 3 is 2.38 bits per heavy atom. The Bertz CT molecular complexity index is 782.